The van der Waals surface area contributed by atoms with E-state index in [0.717, 1.165) is 23.8 Å². The second-order valence-corrected chi connectivity index (χ2v) is 6.83. The van der Waals surface area contributed by atoms with Crippen molar-refractivity contribution in [3.8, 4) is 0 Å². The number of amides is 1. The van der Waals surface area contributed by atoms with Gasteiger partial charge in [0.05, 0.1) is 10.9 Å². The Bertz CT molecular complexity index is 1010. The fourth-order valence-electron chi connectivity index (χ4n) is 3.42. The van der Waals surface area contributed by atoms with Crippen LogP contribution in [0.3, 0.4) is 0 Å². The molecule has 0 aliphatic heterocycles. The minimum absolute atomic E-state index is 0.176. The number of hydrogen-bond donors (Lipinski definition) is 1. The molecule has 1 N–H and O–H groups in total. The molecule has 0 saturated heterocycles. The Balaban J connectivity index is 1.94. The van der Waals surface area contributed by atoms with Gasteiger partial charge in [0, 0.05) is 26.3 Å². The van der Waals surface area contributed by atoms with E-state index in [0.29, 0.717) is 12.2 Å². The lowest BCUT2D eigenvalue weighted by molar-refractivity contribution is 0.0955. The van der Waals surface area contributed by atoms with Crippen LogP contribution in [0.2, 0.25) is 0 Å². The first kappa shape index (κ1) is 18.1. The van der Waals surface area contributed by atoms with Gasteiger partial charge in [-0.25, -0.2) is 9.78 Å². The summed E-state index contributed by atoms with van der Waals surface area (Å²) in [6.07, 6.45) is 7.73. The van der Waals surface area contributed by atoms with Crippen molar-refractivity contribution < 1.29 is 4.79 Å². The molecule has 26 heavy (non-hydrogen) atoms. The highest BCUT2D eigenvalue weighted by Gasteiger charge is 2.19. The van der Waals surface area contributed by atoms with Crippen molar-refractivity contribution in [1.29, 1.82) is 0 Å². The van der Waals surface area contributed by atoms with Gasteiger partial charge in [-0.3, -0.25) is 18.7 Å². The monoisotopic (exact) mass is 356 g/mol. The zero-order chi connectivity index (χ0) is 18.8. The van der Waals surface area contributed by atoms with Crippen LogP contribution in [0.15, 0.2) is 27.3 Å². The number of nitrogens with one attached hydrogen (secondary N) is 1. The highest BCUT2D eigenvalue weighted by atomic mass is 16.2. The van der Waals surface area contributed by atoms with Crippen molar-refractivity contribution in [2.24, 2.45) is 14.1 Å². The lowest BCUT2D eigenvalue weighted by Gasteiger charge is -2.14. The number of carbonyl (C=O) groups is 1. The van der Waals surface area contributed by atoms with Gasteiger partial charge in [0.15, 0.2) is 0 Å². The average molecular weight is 356 g/mol. The van der Waals surface area contributed by atoms with E-state index in [1.54, 1.807) is 20.0 Å². The number of carbonyl (C=O) groups excluding carboxylic acids is 1. The van der Waals surface area contributed by atoms with Gasteiger partial charge in [0.1, 0.15) is 5.65 Å². The van der Waals surface area contributed by atoms with Gasteiger partial charge in [-0.05, 0) is 45.1 Å². The molecule has 0 radical (unpaired) electrons. The third-order valence-corrected chi connectivity index (χ3v) is 4.90. The van der Waals surface area contributed by atoms with Crippen LogP contribution in [-0.2, 0) is 14.1 Å². The van der Waals surface area contributed by atoms with Gasteiger partial charge < -0.3 is 5.32 Å². The minimum Gasteiger partial charge on any atom is -0.352 e. The zero-order valence-corrected chi connectivity index (χ0v) is 15.5. The molecule has 0 spiro atoms. The van der Waals surface area contributed by atoms with Gasteiger partial charge >= 0.3 is 5.69 Å². The first-order chi connectivity index (χ1) is 12.4. The van der Waals surface area contributed by atoms with E-state index in [9.17, 15) is 14.4 Å². The van der Waals surface area contributed by atoms with Gasteiger partial charge in [0.2, 0.25) is 0 Å². The number of aryl methyl sites for hydroxylation is 2. The quantitative estimate of drug-likeness (QED) is 0.843. The summed E-state index contributed by atoms with van der Waals surface area (Å²) in [5, 5.41) is 3.08. The third-order valence-electron chi connectivity index (χ3n) is 4.90. The molecule has 0 atom stereocenters. The normalized spacial score (nSPS) is 14.3. The van der Waals surface area contributed by atoms with E-state index < -0.39 is 11.2 Å². The molecule has 138 valence electrons. The van der Waals surface area contributed by atoms with E-state index in [2.05, 4.69) is 16.4 Å². The van der Waals surface area contributed by atoms with Crippen molar-refractivity contribution in [2.75, 3.05) is 6.54 Å². The standard InChI is InChI=1S/C19H24N4O3/c1-12-11-14(17(24)20-10-9-13-7-5-4-6-8-13)15-16(21-12)22(2)19(26)23(3)18(15)25/h7,11H,4-6,8-10H2,1-3H3,(H,20,24). The molecule has 2 aromatic rings. The smallest absolute Gasteiger partial charge is 0.332 e. The first-order valence-electron chi connectivity index (χ1n) is 8.93. The molecule has 0 aromatic carbocycles. The number of fused-ring (bicyclic) bond motifs is 1. The van der Waals surface area contributed by atoms with Crippen LogP contribution < -0.4 is 16.6 Å². The Morgan fingerprint density at radius 1 is 1.23 bits per heavy atom. The summed E-state index contributed by atoms with van der Waals surface area (Å²) in [7, 11) is 2.95. The molecule has 0 bridgehead atoms. The van der Waals surface area contributed by atoms with Crippen molar-refractivity contribution >= 4 is 16.9 Å². The lowest BCUT2D eigenvalue weighted by Crippen LogP contribution is -2.38. The Hall–Kier alpha value is -2.70. The Labute approximate surface area is 151 Å². The van der Waals surface area contributed by atoms with Crippen LogP contribution in [0.25, 0.3) is 11.0 Å². The SMILES string of the molecule is Cc1cc(C(=O)NCCC2=CCCCC2)c2c(=O)n(C)c(=O)n(C)c2n1. The number of aromatic nitrogens is 3. The second-order valence-electron chi connectivity index (χ2n) is 6.83. The highest BCUT2D eigenvalue weighted by Crippen LogP contribution is 2.19. The molecule has 2 heterocycles. The molecule has 7 nitrogen and oxygen atoms in total. The summed E-state index contributed by atoms with van der Waals surface area (Å²) < 4.78 is 2.30. The molecule has 0 unspecified atom stereocenters. The molecule has 2 aromatic heterocycles. The molecular formula is C19H24N4O3. The zero-order valence-electron chi connectivity index (χ0n) is 15.5. The fourth-order valence-corrected chi connectivity index (χ4v) is 3.42. The molecule has 0 fully saturated rings. The van der Waals surface area contributed by atoms with Crippen molar-refractivity contribution in [3.05, 3.63) is 49.8 Å². The summed E-state index contributed by atoms with van der Waals surface area (Å²) in [5.41, 5.74) is 1.50. The van der Waals surface area contributed by atoms with E-state index in [1.165, 1.54) is 30.0 Å². The Morgan fingerprint density at radius 3 is 2.69 bits per heavy atom. The summed E-state index contributed by atoms with van der Waals surface area (Å²) in [5.74, 6) is -0.312. The maximum absolute atomic E-state index is 12.7. The topological polar surface area (TPSA) is 86.0 Å². The van der Waals surface area contributed by atoms with Crippen LogP contribution in [0.5, 0.6) is 0 Å². The van der Waals surface area contributed by atoms with Gasteiger partial charge in [0.25, 0.3) is 11.5 Å². The Kier molecular flexibility index (Phi) is 5.06. The van der Waals surface area contributed by atoms with E-state index in [4.69, 9.17) is 0 Å². The number of allylic oxidation sites excluding steroid dienone is 1. The number of hydrogen-bond acceptors (Lipinski definition) is 4. The second kappa shape index (κ2) is 7.27. The van der Waals surface area contributed by atoms with Crippen LogP contribution in [-0.4, -0.2) is 26.6 Å². The third kappa shape index (κ3) is 3.34. The fraction of sp³-hybridized carbons (Fsp3) is 0.474. The van der Waals surface area contributed by atoms with E-state index in [-0.39, 0.29) is 22.5 Å². The van der Waals surface area contributed by atoms with Crippen molar-refractivity contribution in [3.63, 3.8) is 0 Å². The molecule has 3 rings (SSSR count). The number of rotatable bonds is 4. The maximum atomic E-state index is 12.7. The van der Waals surface area contributed by atoms with Crippen LogP contribution in [0, 0.1) is 6.92 Å². The molecule has 0 saturated carbocycles. The summed E-state index contributed by atoms with van der Waals surface area (Å²) in [6, 6.07) is 1.60. The predicted octanol–water partition coefficient (Wildman–Crippen LogP) is 1.56. The molecule has 1 amide bonds. The van der Waals surface area contributed by atoms with Gasteiger partial charge in [-0.15, -0.1) is 0 Å². The summed E-state index contributed by atoms with van der Waals surface area (Å²) >= 11 is 0. The van der Waals surface area contributed by atoms with Crippen LogP contribution in [0.1, 0.15) is 48.2 Å². The van der Waals surface area contributed by atoms with Crippen LogP contribution in [0.4, 0.5) is 0 Å². The maximum Gasteiger partial charge on any atom is 0.332 e. The first-order valence-corrected chi connectivity index (χ1v) is 8.93. The highest BCUT2D eigenvalue weighted by molar-refractivity contribution is 6.05. The largest absolute Gasteiger partial charge is 0.352 e. The van der Waals surface area contributed by atoms with E-state index in [1.807, 2.05) is 0 Å². The summed E-state index contributed by atoms with van der Waals surface area (Å²) in [4.78, 5) is 41.7. The summed E-state index contributed by atoms with van der Waals surface area (Å²) in [6.45, 7) is 2.27. The van der Waals surface area contributed by atoms with Crippen LogP contribution >= 0.6 is 0 Å². The molecule has 1 aliphatic rings. The van der Waals surface area contributed by atoms with Crippen molar-refractivity contribution in [1.82, 2.24) is 19.4 Å². The van der Waals surface area contributed by atoms with Gasteiger partial charge in [-0.1, -0.05) is 11.6 Å². The van der Waals surface area contributed by atoms with Gasteiger partial charge in [-0.2, -0.15) is 0 Å². The average Bonchev–Trinajstić information content (AvgIpc) is 2.64. The molecule has 7 heteroatoms. The Morgan fingerprint density at radius 2 is 2.00 bits per heavy atom. The number of nitrogens with zero attached hydrogens (tertiary/aromatic N) is 3. The molecule has 1 aliphatic carbocycles. The minimum atomic E-state index is -0.504. The lowest BCUT2D eigenvalue weighted by atomic mass is 9.97. The van der Waals surface area contributed by atoms with Crippen molar-refractivity contribution in [2.45, 2.75) is 39.0 Å². The predicted molar refractivity (Wildman–Crippen MR) is 100 cm³/mol. The van der Waals surface area contributed by atoms with E-state index >= 15 is 0 Å². The number of pyridine rings is 1. The molecular weight excluding hydrogens is 332 g/mol.